The van der Waals surface area contributed by atoms with Crippen molar-refractivity contribution in [2.75, 3.05) is 18.5 Å². The van der Waals surface area contributed by atoms with Crippen LogP contribution in [0.1, 0.15) is 55.7 Å². The van der Waals surface area contributed by atoms with E-state index in [1.54, 1.807) is 30.3 Å². The second kappa shape index (κ2) is 14.5. The van der Waals surface area contributed by atoms with E-state index < -0.39 is 12.5 Å². The molecule has 0 aromatic heterocycles. The van der Waals surface area contributed by atoms with Crippen LogP contribution in [0.5, 0.6) is 5.75 Å². The topological polar surface area (TPSA) is 105 Å². The van der Waals surface area contributed by atoms with Crippen molar-refractivity contribution >= 4 is 29.5 Å². The van der Waals surface area contributed by atoms with Crippen LogP contribution in [-0.2, 0) is 20.8 Å². The first-order chi connectivity index (χ1) is 16.4. The van der Waals surface area contributed by atoms with E-state index in [1.807, 2.05) is 6.07 Å². The lowest BCUT2D eigenvalue weighted by Gasteiger charge is -2.11. The van der Waals surface area contributed by atoms with Crippen molar-refractivity contribution in [1.29, 1.82) is 0 Å². The fourth-order valence-corrected chi connectivity index (χ4v) is 3.39. The minimum atomic E-state index is -1.09. The Bertz CT molecular complexity index is 1000. The molecule has 7 nitrogen and oxygen atoms in total. The van der Waals surface area contributed by atoms with Crippen LogP contribution < -0.4 is 15.4 Å². The number of carboxylic acid groups (broad SMARTS) is 1. The summed E-state index contributed by atoms with van der Waals surface area (Å²) in [5.74, 6) is -1.20. The fourth-order valence-electron chi connectivity index (χ4n) is 3.39. The molecule has 3 N–H and O–H groups in total. The number of carbonyl (C=O) groups is 3. The summed E-state index contributed by atoms with van der Waals surface area (Å²) in [6, 6.07) is 13.3. The van der Waals surface area contributed by atoms with E-state index in [4.69, 9.17) is 9.84 Å². The minimum Gasteiger partial charge on any atom is -0.491 e. The van der Waals surface area contributed by atoms with Crippen LogP contribution in [0.15, 0.2) is 48.5 Å². The lowest BCUT2D eigenvalue weighted by molar-refractivity contribution is -0.138. The molecule has 0 atom stereocenters. The molecule has 0 aliphatic carbocycles. The lowest BCUT2D eigenvalue weighted by Crippen LogP contribution is -2.29. The summed E-state index contributed by atoms with van der Waals surface area (Å²) in [4.78, 5) is 34.5. The quantitative estimate of drug-likeness (QED) is 0.276. The van der Waals surface area contributed by atoms with Crippen LogP contribution in [0, 0.1) is 6.92 Å². The Balaban J connectivity index is 1.86. The highest BCUT2D eigenvalue weighted by Gasteiger charge is 2.08. The maximum Gasteiger partial charge on any atom is 0.322 e. The number of ether oxygens (including phenoxy) is 1. The number of aryl methyl sites for hydroxylation is 2. The van der Waals surface area contributed by atoms with E-state index >= 15 is 0 Å². The van der Waals surface area contributed by atoms with Gasteiger partial charge < -0.3 is 20.5 Å². The first kappa shape index (κ1) is 26.6. The van der Waals surface area contributed by atoms with Gasteiger partial charge in [0.1, 0.15) is 12.3 Å². The third-order valence-corrected chi connectivity index (χ3v) is 5.23. The molecule has 0 saturated heterocycles. The van der Waals surface area contributed by atoms with E-state index in [1.165, 1.54) is 36.5 Å². The zero-order valence-corrected chi connectivity index (χ0v) is 19.9. The van der Waals surface area contributed by atoms with Gasteiger partial charge in [-0.25, -0.2) is 0 Å². The van der Waals surface area contributed by atoms with Gasteiger partial charge in [-0.15, -0.1) is 0 Å². The molecule has 34 heavy (non-hydrogen) atoms. The van der Waals surface area contributed by atoms with E-state index in [0.717, 1.165) is 12.0 Å². The van der Waals surface area contributed by atoms with Gasteiger partial charge in [-0.05, 0) is 61.1 Å². The standard InChI is InChI=1S/C27H34N2O5/c1-3-4-5-9-22-15-13-21(18-20(22)2)14-16-26(31)29-23-10-6-7-11-24(23)34-17-8-12-25(30)28-19-27(32)33/h6-7,10-11,13-16,18H,3-5,8-9,12,17,19H2,1-2H3,(H,28,30)(H,29,31)(H,32,33)/b16-14+. The molecule has 2 aromatic rings. The fraction of sp³-hybridized carbons (Fsp3) is 0.370. The molecule has 182 valence electrons. The maximum atomic E-state index is 12.5. The Kier molecular flexibility index (Phi) is 11.4. The number of para-hydroxylation sites is 2. The van der Waals surface area contributed by atoms with Gasteiger partial charge in [0.2, 0.25) is 11.8 Å². The van der Waals surface area contributed by atoms with Gasteiger partial charge in [0.25, 0.3) is 0 Å². The number of amides is 2. The highest BCUT2D eigenvalue weighted by atomic mass is 16.5. The number of hydrogen-bond donors (Lipinski definition) is 3. The molecule has 0 heterocycles. The first-order valence-corrected chi connectivity index (χ1v) is 11.7. The van der Waals surface area contributed by atoms with Gasteiger partial charge in [0.15, 0.2) is 0 Å². The molecule has 0 unspecified atom stereocenters. The Morgan fingerprint density at radius 3 is 2.59 bits per heavy atom. The van der Waals surface area contributed by atoms with E-state index in [2.05, 4.69) is 36.6 Å². The zero-order chi connectivity index (χ0) is 24.8. The van der Waals surface area contributed by atoms with Gasteiger partial charge in [-0.1, -0.05) is 50.1 Å². The number of carbonyl (C=O) groups excluding carboxylic acids is 2. The smallest absolute Gasteiger partial charge is 0.322 e. The molecule has 0 fully saturated rings. The molecule has 7 heteroatoms. The number of carboxylic acids is 1. The van der Waals surface area contributed by atoms with Crippen molar-refractivity contribution in [3.05, 3.63) is 65.2 Å². The molecule has 2 amide bonds. The van der Waals surface area contributed by atoms with Crippen molar-refractivity contribution in [2.24, 2.45) is 0 Å². The summed E-state index contributed by atoms with van der Waals surface area (Å²) in [6.45, 7) is 4.16. The van der Waals surface area contributed by atoms with Crippen LogP contribution in [0.3, 0.4) is 0 Å². The molecular formula is C27H34N2O5. The predicted molar refractivity (Wildman–Crippen MR) is 134 cm³/mol. The van der Waals surface area contributed by atoms with E-state index in [9.17, 15) is 14.4 Å². The monoisotopic (exact) mass is 466 g/mol. The summed E-state index contributed by atoms with van der Waals surface area (Å²) in [7, 11) is 0. The molecule has 0 spiro atoms. The van der Waals surface area contributed by atoms with Crippen LogP contribution >= 0.6 is 0 Å². The zero-order valence-electron chi connectivity index (χ0n) is 19.9. The van der Waals surface area contributed by atoms with E-state index in [-0.39, 0.29) is 24.8 Å². The normalized spacial score (nSPS) is 10.8. The minimum absolute atomic E-state index is 0.154. The number of aliphatic carboxylic acids is 1. The largest absolute Gasteiger partial charge is 0.491 e. The summed E-state index contributed by atoms with van der Waals surface area (Å²) < 4.78 is 5.71. The SMILES string of the molecule is CCCCCc1ccc(/C=C/C(=O)Nc2ccccc2OCCCC(=O)NCC(=O)O)cc1C. The summed E-state index contributed by atoms with van der Waals surface area (Å²) in [6.07, 6.45) is 8.56. The molecule has 0 bridgehead atoms. The van der Waals surface area contributed by atoms with Crippen molar-refractivity contribution in [3.63, 3.8) is 0 Å². The molecule has 0 saturated carbocycles. The summed E-state index contributed by atoms with van der Waals surface area (Å²) >= 11 is 0. The molecule has 0 aliphatic rings. The summed E-state index contributed by atoms with van der Waals surface area (Å²) in [5.41, 5.74) is 4.09. The van der Waals surface area contributed by atoms with Crippen LogP contribution in [0.2, 0.25) is 0 Å². The van der Waals surface area contributed by atoms with Crippen LogP contribution in [0.4, 0.5) is 5.69 Å². The molecule has 0 aliphatic heterocycles. The van der Waals surface area contributed by atoms with Crippen molar-refractivity contribution in [3.8, 4) is 5.75 Å². The Morgan fingerprint density at radius 2 is 1.85 bits per heavy atom. The number of nitrogens with one attached hydrogen (secondary N) is 2. The van der Waals surface area contributed by atoms with Gasteiger partial charge in [-0.2, -0.15) is 0 Å². The van der Waals surface area contributed by atoms with Crippen molar-refractivity contribution < 1.29 is 24.2 Å². The highest BCUT2D eigenvalue weighted by Crippen LogP contribution is 2.24. The first-order valence-electron chi connectivity index (χ1n) is 11.7. The van der Waals surface area contributed by atoms with Crippen LogP contribution in [0.25, 0.3) is 6.08 Å². The number of rotatable bonds is 14. The van der Waals surface area contributed by atoms with Gasteiger partial charge in [0, 0.05) is 12.5 Å². The molecule has 2 rings (SSSR count). The average molecular weight is 467 g/mol. The molecule has 2 aromatic carbocycles. The van der Waals surface area contributed by atoms with Gasteiger partial charge >= 0.3 is 5.97 Å². The van der Waals surface area contributed by atoms with Crippen molar-refractivity contribution in [2.45, 2.75) is 52.4 Å². The second-order valence-electron chi connectivity index (χ2n) is 8.08. The maximum absolute atomic E-state index is 12.5. The number of benzene rings is 2. The number of hydrogen-bond acceptors (Lipinski definition) is 4. The summed E-state index contributed by atoms with van der Waals surface area (Å²) in [5, 5.41) is 13.7. The molecule has 0 radical (unpaired) electrons. The third kappa shape index (κ3) is 9.90. The Morgan fingerprint density at radius 1 is 1.06 bits per heavy atom. The van der Waals surface area contributed by atoms with E-state index in [0.29, 0.717) is 17.9 Å². The van der Waals surface area contributed by atoms with Crippen molar-refractivity contribution in [1.82, 2.24) is 5.32 Å². The number of anilines is 1. The Hall–Kier alpha value is -3.61. The highest BCUT2D eigenvalue weighted by molar-refractivity contribution is 6.02. The predicted octanol–water partition coefficient (Wildman–Crippen LogP) is 4.74. The molecular weight excluding hydrogens is 432 g/mol. The Labute approximate surface area is 201 Å². The van der Waals surface area contributed by atoms with Gasteiger partial charge in [0.05, 0.1) is 12.3 Å². The lowest BCUT2D eigenvalue weighted by atomic mass is 10.00. The van der Waals surface area contributed by atoms with Gasteiger partial charge in [-0.3, -0.25) is 14.4 Å². The average Bonchev–Trinajstić information content (AvgIpc) is 2.81. The third-order valence-electron chi connectivity index (χ3n) is 5.23. The van der Waals surface area contributed by atoms with Crippen LogP contribution in [-0.4, -0.2) is 36.0 Å². The second-order valence-corrected chi connectivity index (χ2v) is 8.08. The number of unbranched alkanes of at least 4 members (excludes halogenated alkanes) is 2.